The van der Waals surface area contributed by atoms with Gasteiger partial charge in [0.1, 0.15) is 5.65 Å². The van der Waals surface area contributed by atoms with E-state index in [1.54, 1.807) is 0 Å². The van der Waals surface area contributed by atoms with E-state index >= 15 is 0 Å². The van der Waals surface area contributed by atoms with Gasteiger partial charge in [0.15, 0.2) is 0 Å². The average molecular weight is 488 g/mol. The minimum absolute atomic E-state index is 0.261. The highest BCUT2D eigenvalue weighted by atomic mass is 15.1. The summed E-state index contributed by atoms with van der Waals surface area (Å²) >= 11 is 0. The highest BCUT2D eigenvalue weighted by Crippen LogP contribution is 2.41. The van der Waals surface area contributed by atoms with E-state index in [1.165, 1.54) is 54.9 Å². The Kier molecular flexibility index (Phi) is 4.65. The van der Waals surface area contributed by atoms with Gasteiger partial charge in [-0.2, -0.15) is 0 Å². The number of para-hydroxylation sites is 3. The van der Waals surface area contributed by atoms with Gasteiger partial charge in [-0.1, -0.05) is 85.0 Å². The van der Waals surface area contributed by atoms with Crippen molar-refractivity contribution in [3.63, 3.8) is 0 Å². The van der Waals surface area contributed by atoms with Gasteiger partial charge in [-0.15, -0.1) is 0 Å². The quantitative estimate of drug-likeness (QED) is 0.244. The number of benzene rings is 4. The van der Waals surface area contributed by atoms with Crippen LogP contribution in [-0.4, -0.2) is 14.1 Å². The maximum atomic E-state index is 4.94. The van der Waals surface area contributed by atoms with Crippen LogP contribution in [0.2, 0.25) is 0 Å². The number of allylic oxidation sites excluding steroid dienone is 4. The fourth-order valence-corrected chi connectivity index (χ4v) is 6.24. The van der Waals surface area contributed by atoms with Crippen LogP contribution in [0, 0.1) is 0 Å². The van der Waals surface area contributed by atoms with E-state index in [1.807, 2.05) is 6.20 Å². The monoisotopic (exact) mass is 487 g/mol. The largest absolute Gasteiger partial charge is 0.318 e. The van der Waals surface area contributed by atoms with Gasteiger partial charge < -0.3 is 9.13 Å². The molecule has 8 rings (SSSR count). The number of hydrogen-bond donors (Lipinski definition) is 0. The first kappa shape index (κ1) is 21.2. The molecule has 0 radical (unpaired) electrons. The maximum Gasteiger partial charge on any atom is 0.142 e. The number of pyridine rings is 1. The molecule has 0 saturated heterocycles. The van der Waals surface area contributed by atoms with Crippen LogP contribution in [0.1, 0.15) is 12.5 Å². The molecule has 0 saturated carbocycles. The third-order valence-electron chi connectivity index (χ3n) is 7.88. The average Bonchev–Trinajstić information content (AvgIpc) is 3.51. The van der Waals surface area contributed by atoms with E-state index in [0.29, 0.717) is 0 Å². The van der Waals surface area contributed by atoms with Crippen molar-refractivity contribution in [3.8, 4) is 16.8 Å². The molecule has 1 aliphatic carbocycles. The van der Waals surface area contributed by atoms with Crippen molar-refractivity contribution in [1.82, 2.24) is 14.1 Å². The molecule has 38 heavy (non-hydrogen) atoms. The molecular formula is C35H25N3. The van der Waals surface area contributed by atoms with Crippen LogP contribution in [0.15, 0.2) is 134 Å². The van der Waals surface area contributed by atoms with Gasteiger partial charge in [-0.3, -0.25) is 0 Å². The first-order valence-electron chi connectivity index (χ1n) is 13.2. The summed E-state index contributed by atoms with van der Waals surface area (Å²) < 4.78 is 4.78. The lowest BCUT2D eigenvalue weighted by Crippen LogP contribution is -2.07. The van der Waals surface area contributed by atoms with E-state index in [-0.39, 0.29) is 6.04 Å². The summed E-state index contributed by atoms with van der Waals surface area (Å²) in [6, 6.07) is 37.4. The van der Waals surface area contributed by atoms with E-state index in [4.69, 9.17) is 4.98 Å². The van der Waals surface area contributed by atoms with Gasteiger partial charge >= 0.3 is 0 Å². The SMILES string of the molecule is C1=CCC(n2c3ccccc3c3c(-c4ccc5c(c4)c4ccccc4n5-c4ccccc4)ccnc32)C=C1. The van der Waals surface area contributed by atoms with E-state index in [0.717, 1.165) is 12.1 Å². The molecule has 3 heterocycles. The van der Waals surface area contributed by atoms with Crippen LogP contribution in [0.3, 0.4) is 0 Å². The van der Waals surface area contributed by atoms with Crippen LogP contribution in [-0.2, 0) is 0 Å². The summed E-state index contributed by atoms with van der Waals surface area (Å²) in [6.45, 7) is 0. The van der Waals surface area contributed by atoms with Crippen LogP contribution in [0.4, 0.5) is 0 Å². The molecular weight excluding hydrogens is 462 g/mol. The summed E-state index contributed by atoms with van der Waals surface area (Å²) in [4.78, 5) is 4.94. The van der Waals surface area contributed by atoms with E-state index in [2.05, 4.69) is 137 Å². The molecule has 3 nitrogen and oxygen atoms in total. The summed E-state index contributed by atoms with van der Waals surface area (Å²) in [5.41, 5.74) is 8.32. The Bertz CT molecular complexity index is 2050. The Hall–Kier alpha value is -4.89. The first-order chi connectivity index (χ1) is 18.9. The number of rotatable bonds is 3. The van der Waals surface area contributed by atoms with Gasteiger partial charge in [-0.25, -0.2) is 4.98 Å². The second kappa shape index (κ2) is 8.32. The molecule has 3 heteroatoms. The normalized spacial score (nSPS) is 15.3. The summed E-state index contributed by atoms with van der Waals surface area (Å²) in [5.74, 6) is 0. The third kappa shape index (κ3) is 3.05. The van der Waals surface area contributed by atoms with Crippen molar-refractivity contribution < 1.29 is 0 Å². The number of nitrogens with zero attached hydrogens (tertiary/aromatic N) is 3. The molecule has 0 amide bonds. The van der Waals surface area contributed by atoms with Gasteiger partial charge in [0.05, 0.1) is 22.6 Å². The molecule has 3 aromatic heterocycles. The third-order valence-corrected chi connectivity index (χ3v) is 7.88. The zero-order chi connectivity index (χ0) is 25.1. The van der Waals surface area contributed by atoms with Gasteiger partial charge in [0.2, 0.25) is 0 Å². The highest BCUT2D eigenvalue weighted by Gasteiger charge is 2.21. The second-order valence-electron chi connectivity index (χ2n) is 9.98. The fourth-order valence-electron chi connectivity index (χ4n) is 6.24. The lowest BCUT2D eigenvalue weighted by atomic mass is 9.99. The standard InChI is InChI=1S/C35H25N3/c1-3-11-25(12-4-1)37-31-17-9-7-15-28(31)30-23-24(19-20-33(30)37)27-21-22-36-35-34(27)29-16-8-10-18-32(29)38(35)26-13-5-2-6-14-26/h1-13,15-23,26H,14H2. The minimum Gasteiger partial charge on any atom is -0.318 e. The van der Waals surface area contributed by atoms with Crippen molar-refractivity contribution in [2.24, 2.45) is 0 Å². The smallest absolute Gasteiger partial charge is 0.142 e. The summed E-state index contributed by atoms with van der Waals surface area (Å²) in [5, 5.41) is 4.99. The Morgan fingerprint density at radius 3 is 2.26 bits per heavy atom. The second-order valence-corrected chi connectivity index (χ2v) is 9.98. The Labute approximate surface area is 220 Å². The molecule has 1 atom stereocenters. The van der Waals surface area contributed by atoms with Crippen molar-refractivity contribution in [2.45, 2.75) is 12.5 Å². The number of fused-ring (bicyclic) bond motifs is 6. The van der Waals surface area contributed by atoms with Gasteiger partial charge in [-0.05, 0) is 60.0 Å². The van der Waals surface area contributed by atoms with E-state index < -0.39 is 0 Å². The predicted octanol–water partition coefficient (Wildman–Crippen LogP) is 9.01. The van der Waals surface area contributed by atoms with Crippen molar-refractivity contribution in [3.05, 3.63) is 134 Å². The Morgan fingerprint density at radius 1 is 0.658 bits per heavy atom. The van der Waals surface area contributed by atoms with E-state index in [9.17, 15) is 0 Å². The lowest BCUT2D eigenvalue weighted by Gasteiger charge is -2.17. The Balaban J connectivity index is 1.41. The molecule has 0 aliphatic heterocycles. The fraction of sp³-hybridized carbons (Fsp3) is 0.0571. The number of aromatic nitrogens is 3. The molecule has 0 fully saturated rings. The van der Waals surface area contributed by atoms with Gasteiger partial charge in [0, 0.05) is 33.4 Å². The molecule has 4 aromatic carbocycles. The van der Waals surface area contributed by atoms with Crippen molar-refractivity contribution >= 4 is 43.7 Å². The van der Waals surface area contributed by atoms with Crippen LogP contribution >= 0.6 is 0 Å². The molecule has 0 spiro atoms. The molecule has 1 unspecified atom stereocenters. The molecule has 0 bridgehead atoms. The predicted molar refractivity (Wildman–Crippen MR) is 159 cm³/mol. The highest BCUT2D eigenvalue weighted by molar-refractivity contribution is 6.15. The van der Waals surface area contributed by atoms with Crippen molar-refractivity contribution in [1.29, 1.82) is 0 Å². The summed E-state index contributed by atoms with van der Waals surface area (Å²) in [6.07, 6.45) is 11.7. The van der Waals surface area contributed by atoms with Crippen LogP contribution < -0.4 is 0 Å². The van der Waals surface area contributed by atoms with Crippen LogP contribution in [0.5, 0.6) is 0 Å². The molecule has 180 valence electrons. The first-order valence-corrected chi connectivity index (χ1v) is 13.2. The minimum atomic E-state index is 0.261. The molecule has 0 N–H and O–H groups in total. The maximum absolute atomic E-state index is 4.94. The lowest BCUT2D eigenvalue weighted by molar-refractivity contribution is 0.643. The topological polar surface area (TPSA) is 22.8 Å². The summed E-state index contributed by atoms with van der Waals surface area (Å²) in [7, 11) is 0. The molecule has 7 aromatic rings. The van der Waals surface area contributed by atoms with Crippen LogP contribution in [0.25, 0.3) is 60.6 Å². The van der Waals surface area contributed by atoms with Gasteiger partial charge in [0.25, 0.3) is 0 Å². The Morgan fingerprint density at radius 2 is 1.42 bits per heavy atom. The zero-order valence-corrected chi connectivity index (χ0v) is 20.8. The molecule has 1 aliphatic rings. The number of hydrogen-bond acceptors (Lipinski definition) is 1. The van der Waals surface area contributed by atoms with Crippen molar-refractivity contribution in [2.75, 3.05) is 0 Å². The zero-order valence-electron chi connectivity index (χ0n) is 20.8.